The van der Waals surface area contributed by atoms with Crippen LogP contribution >= 0.6 is 23.2 Å². The van der Waals surface area contributed by atoms with E-state index in [1.54, 1.807) is 13.8 Å². The highest BCUT2D eigenvalue weighted by molar-refractivity contribution is 6.38. The highest BCUT2D eigenvalue weighted by atomic mass is 35.5. The molecule has 13 heavy (non-hydrogen) atoms. The Kier molecular flexibility index (Phi) is 2.37. The molecule has 1 N–H and O–H groups in total. The summed E-state index contributed by atoms with van der Waals surface area (Å²) >= 11 is 10.8. The molecule has 1 rings (SSSR count). The quantitative estimate of drug-likeness (QED) is 0.736. The minimum absolute atomic E-state index is 0.559. The van der Waals surface area contributed by atoms with Crippen LogP contribution in [-0.4, -0.2) is 16.0 Å². The lowest BCUT2D eigenvalue weighted by Gasteiger charge is -2.03. The Morgan fingerprint density at radius 3 is 2.31 bits per heavy atom. The molecule has 2 unspecified atom stereocenters. The average molecular weight is 227 g/mol. The van der Waals surface area contributed by atoms with Crippen LogP contribution in [0.15, 0.2) is 11.4 Å². The van der Waals surface area contributed by atoms with Crippen LogP contribution in [0.5, 0.6) is 0 Å². The van der Waals surface area contributed by atoms with Crippen LogP contribution < -0.4 is 0 Å². The van der Waals surface area contributed by atoms with Gasteiger partial charge in [0.15, 0.2) is 10.2 Å². The van der Waals surface area contributed by atoms with Gasteiger partial charge in [-0.1, -0.05) is 25.4 Å². The fraction of sp³-hybridized carbons (Fsp3) is 0.625. The van der Waals surface area contributed by atoms with E-state index in [2.05, 4.69) is 0 Å². The molecule has 1 fully saturated rings. The van der Waals surface area contributed by atoms with Crippen molar-refractivity contribution in [1.29, 1.82) is 0 Å². The Bertz CT molecular complexity index is 284. The zero-order chi connectivity index (χ0) is 10.4. The van der Waals surface area contributed by atoms with Gasteiger partial charge < -0.3 is 5.11 Å². The standard InChI is InChI=1S/C8H9Cl2FO2/c1-7(2)4(3-5(9)11)8(7,10)6(12)13/h3-4H,1-2H3,(H,12,13). The number of carboxylic acid groups (broad SMARTS) is 1. The van der Waals surface area contributed by atoms with E-state index in [1.807, 2.05) is 0 Å². The molecule has 0 spiro atoms. The lowest BCUT2D eigenvalue weighted by atomic mass is 10.1. The predicted molar refractivity (Wildman–Crippen MR) is 48.5 cm³/mol. The molecule has 0 aromatic rings. The van der Waals surface area contributed by atoms with Gasteiger partial charge in [0.05, 0.1) is 0 Å². The summed E-state index contributed by atoms with van der Waals surface area (Å²) in [5.74, 6) is -1.70. The monoisotopic (exact) mass is 226 g/mol. The van der Waals surface area contributed by atoms with Gasteiger partial charge in [-0.2, -0.15) is 4.39 Å². The van der Waals surface area contributed by atoms with E-state index >= 15 is 0 Å². The summed E-state index contributed by atoms with van der Waals surface area (Å²) < 4.78 is 12.3. The molecule has 0 heterocycles. The van der Waals surface area contributed by atoms with Gasteiger partial charge in [-0.15, -0.1) is 11.6 Å². The molecule has 0 aromatic carbocycles. The molecule has 2 atom stereocenters. The van der Waals surface area contributed by atoms with Crippen LogP contribution in [0.1, 0.15) is 13.8 Å². The lowest BCUT2D eigenvalue weighted by molar-refractivity contribution is -0.138. The van der Waals surface area contributed by atoms with Gasteiger partial charge >= 0.3 is 5.97 Å². The third kappa shape index (κ3) is 1.34. The third-order valence-corrected chi connectivity index (χ3v) is 3.67. The van der Waals surface area contributed by atoms with E-state index in [-0.39, 0.29) is 0 Å². The summed E-state index contributed by atoms with van der Waals surface area (Å²) in [5.41, 5.74) is -0.660. The van der Waals surface area contributed by atoms with Crippen LogP contribution in [0.3, 0.4) is 0 Å². The Morgan fingerprint density at radius 1 is 1.62 bits per heavy atom. The van der Waals surface area contributed by atoms with E-state index < -0.39 is 27.5 Å². The Hall–Kier alpha value is -0.280. The average Bonchev–Trinajstić information content (AvgIpc) is 2.35. The van der Waals surface area contributed by atoms with Gasteiger partial charge in [0.2, 0.25) is 0 Å². The minimum Gasteiger partial charge on any atom is -0.480 e. The molecule has 0 saturated heterocycles. The van der Waals surface area contributed by atoms with Gasteiger partial charge in [0.1, 0.15) is 0 Å². The number of alkyl halides is 1. The molecule has 0 amide bonds. The largest absolute Gasteiger partial charge is 0.480 e. The summed E-state index contributed by atoms with van der Waals surface area (Å²) in [4.78, 5) is 9.35. The number of hydrogen-bond donors (Lipinski definition) is 1. The zero-order valence-corrected chi connectivity index (χ0v) is 8.66. The molecule has 1 saturated carbocycles. The van der Waals surface area contributed by atoms with Crippen LogP contribution in [0.25, 0.3) is 0 Å². The highest BCUT2D eigenvalue weighted by Gasteiger charge is 2.74. The van der Waals surface area contributed by atoms with Crippen molar-refractivity contribution in [3.05, 3.63) is 11.4 Å². The van der Waals surface area contributed by atoms with Crippen LogP contribution in [-0.2, 0) is 4.79 Å². The van der Waals surface area contributed by atoms with E-state index in [9.17, 15) is 9.18 Å². The van der Waals surface area contributed by atoms with Crippen LogP contribution in [0.4, 0.5) is 4.39 Å². The second kappa shape index (κ2) is 2.85. The first-order chi connectivity index (χ1) is 5.74. The maximum Gasteiger partial charge on any atom is 0.325 e. The molecule has 74 valence electrons. The van der Waals surface area contributed by atoms with Crippen LogP contribution in [0, 0.1) is 11.3 Å². The second-order valence-electron chi connectivity index (χ2n) is 3.67. The summed E-state index contributed by atoms with van der Waals surface area (Å²) in [6.45, 7) is 3.32. The SMILES string of the molecule is CC1(C)C(C=C(F)Cl)C1(Cl)C(=O)O. The first-order valence-electron chi connectivity index (χ1n) is 3.69. The molecular formula is C8H9Cl2FO2. The normalized spacial score (nSPS) is 37.3. The number of rotatable bonds is 2. The number of carboxylic acids is 1. The summed E-state index contributed by atoms with van der Waals surface area (Å²) in [5, 5.41) is 7.89. The van der Waals surface area contributed by atoms with Crippen molar-refractivity contribution in [1.82, 2.24) is 0 Å². The molecule has 0 aromatic heterocycles. The smallest absolute Gasteiger partial charge is 0.325 e. The summed E-state index contributed by atoms with van der Waals surface area (Å²) in [6.07, 6.45) is 1.04. The second-order valence-corrected chi connectivity index (χ2v) is 4.63. The lowest BCUT2D eigenvalue weighted by Crippen LogP contribution is -2.21. The summed E-state index contributed by atoms with van der Waals surface area (Å²) in [7, 11) is 0. The maximum atomic E-state index is 12.3. The van der Waals surface area contributed by atoms with Crippen molar-refractivity contribution in [2.24, 2.45) is 11.3 Å². The molecule has 1 aliphatic carbocycles. The van der Waals surface area contributed by atoms with Gasteiger partial charge in [-0.05, 0) is 6.08 Å². The Morgan fingerprint density at radius 2 is 2.08 bits per heavy atom. The Labute approximate surface area is 85.3 Å². The topological polar surface area (TPSA) is 37.3 Å². The van der Waals surface area contributed by atoms with Crippen molar-refractivity contribution in [2.75, 3.05) is 0 Å². The van der Waals surface area contributed by atoms with E-state index in [4.69, 9.17) is 28.3 Å². The Balaban J connectivity index is 2.95. The molecule has 0 bridgehead atoms. The number of hydrogen-bond acceptors (Lipinski definition) is 1. The molecule has 0 aliphatic heterocycles. The van der Waals surface area contributed by atoms with E-state index in [0.29, 0.717) is 0 Å². The number of carbonyl (C=O) groups is 1. The van der Waals surface area contributed by atoms with Crippen molar-refractivity contribution in [3.63, 3.8) is 0 Å². The highest BCUT2D eigenvalue weighted by Crippen LogP contribution is 2.67. The van der Waals surface area contributed by atoms with Crippen molar-refractivity contribution in [3.8, 4) is 0 Å². The fourth-order valence-corrected chi connectivity index (χ4v) is 2.13. The maximum absolute atomic E-state index is 12.3. The first kappa shape index (κ1) is 10.8. The molecule has 5 heteroatoms. The van der Waals surface area contributed by atoms with Gasteiger partial charge in [-0.3, -0.25) is 4.79 Å². The van der Waals surface area contributed by atoms with E-state index in [1.165, 1.54) is 0 Å². The number of allylic oxidation sites excluding steroid dienone is 1. The van der Waals surface area contributed by atoms with Crippen molar-refractivity contribution in [2.45, 2.75) is 18.7 Å². The van der Waals surface area contributed by atoms with Gasteiger partial charge in [0.25, 0.3) is 0 Å². The van der Waals surface area contributed by atoms with Crippen molar-refractivity contribution >= 4 is 29.2 Å². The van der Waals surface area contributed by atoms with Crippen molar-refractivity contribution < 1.29 is 14.3 Å². The van der Waals surface area contributed by atoms with E-state index in [0.717, 1.165) is 6.08 Å². The predicted octanol–water partition coefficient (Wildman–Crippen LogP) is 2.75. The molecule has 2 nitrogen and oxygen atoms in total. The summed E-state index contributed by atoms with van der Waals surface area (Å²) in [6, 6.07) is 0. The molecular weight excluding hydrogens is 218 g/mol. The third-order valence-electron chi connectivity index (χ3n) is 2.66. The minimum atomic E-state index is -1.42. The fourth-order valence-electron chi connectivity index (χ4n) is 1.61. The number of aliphatic carboxylic acids is 1. The first-order valence-corrected chi connectivity index (χ1v) is 4.45. The molecule has 1 aliphatic rings. The molecule has 0 radical (unpaired) electrons. The van der Waals surface area contributed by atoms with Gasteiger partial charge in [0, 0.05) is 11.3 Å². The number of halogens is 3. The van der Waals surface area contributed by atoms with Gasteiger partial charge in [-0.25, -0.2) is 0 Å². The van der Waals surface area contributed by atoms with Crippen LogP contribution in [0.2, 0.25) is 0 Å². The zero-order valence-electron chi connectivity index (χ0n) is 7.14.